The molecule has 5 rings (SSSR count). The number of methoxy groups -OCH3 is 1. The molecule has 1 aliphatic rings. The molecule has 0 amide bonds. The second-order valence-electron chi connectivity index (χ2n) is 10.6. The van der Waals surface area contributed by atoms with Gasteiger partial charge in [-0.15, -0.1) is 0 Å². The number of carboxylic acid groups (broad SMARTS) is 1. The van der Waals surface area contributed by atoms with E-state index >= 15 is 8.78 Å². The average molecular weight is 525 g/mol. The quantitative estimate of drug-likeness (QED) is 0.302. The Bertz CT molecular complexity index is 1610. The van der Waals surface area contributed by atoms with Crippen LogP contribution in [-0.4, -0.2) is 38.6 Å². The molecule has 38 heavy (non-hydrogen) atoms. The van der Waals surface area contributed by atoms with Crippen LogP contribution in [0.2, 0.25) is 0 Å². The number of hydrogen-bond acceptors (Lipinski definition) is 4. The highest BCUT2D eigenvalue weighted by Gasteiger charge is 2.45. The molecule has 0 saturated heterocycles. The van der Waals surface area contributed by atoms with Crippen LogP contribution >= 0.6 is 0 Å². The SMILES string of the molecule is COc1cc(-n2c(C(C)(C)CC#N)c(C3CCC(F)(C(=O)O)CC3)c3c(F)c4[nH]ncc4cc32)ccc1F. The fraction of sp³-hybridized carbons (Fsp3) is 0.393. The van der Waals surface area contributed by atoms with Crippen LogP contribution in [0.5, 0.6) is 5.75 Å². The molecule has 0 aliphatic heterocycles. The van der Waals surface area contributed by atoms with Gasteiger partial charge in [0.05, 0.1) is 24.9 Å². The van der Waals surface area contributed by atoms with Gasteiger partial charge in [0.1, 0.15) is 5.52 Å². The zero-order valence-electron chi connectivity index (χ0n) is 21.2. The molecule has 10 heteroatoms. The summed E-state index contributed by atoms with van der Waals surface area (Å²) in [5.41, 5.74) is -0.714. The normalized spacial score (nSPS) is 20.1. The summed E-state index contributed by atoms with van der Waals surface area (Å²) in [5, 5.41) is 26.6. The summed E-state index contributed by atoms with van der Waals surface area (Å²) < 4.78 is 52.7. The molecule has 1 aliphatic carbocycles. The van der Waals surface area contributed by atoms with Crippen LogP contribution in [0.1, 0.15) is 63.1 Å². The lowest BCUT2D eigenvalue weighted by atomic mass is 9.73. The predicted octanol–water partition coefficient (Wildman–Crippen LogP) is 6.44. The van der Waals surface area contributed by atoms with E-state index in [1.165, 1.54) is 25.4 Å². The summed E-state index contributed by atoms with van der Waals surface area (Å²) in [6.07, 6.45) is 1.54. The first-order chi connectivity index (χ1) is 18.0. The van der Waals surface area contributed by atoms with Crippen molar-refractivity contribution in [1.29, 1.82) is 5.26 Å². The highest BCUT2D eigenvalue weighted by molar-refractivity contribution is 6.00. The number of aliphatic carboxylic acids is 1. The number of rotatable bonds is 6. The Morgan fingerprint density at radius 3 is 2.66 bits per heavy atom. The van der Waals surface area contributed by atoms with Crippen molar-refractivity contribution in [3.63, 3.8) is 0 Å². The Kier molecular flexibility index (Phi) is 6.13. The standard InChI is InChI=1S/C28H27F3N4O3/c1-27(2,10-11-32)25-21(15-6-8-28(31,9-7-15)26(36)37)22-19(12-16-14-33-34-24(16)23(22)30)35(25)17-4-5-18(29)20(13-17)38-3/h4-5,12-15H,6-10H2,1-3H3,(H,33,34)(H,36,37). The molecule has 2 aromatic carbocycles. The number of alkyl halides is 1. The fourth-order valence-corrected chi connectivity index (χ4v) is 5.81. The summed E-state index contributed by atoms with van der Waals surface area (Å²) in [6, 6.07) is 8.33. The number of hydrogen-bond donors (Lipinski definition) is 2. The van der Waals surface area contributed by atoms with Crippen molar-refractivity contribution in [1.82, 2.24) is 14.8 Å². The molecule has 198 valence electrons. The van der Waals surface area contributed by atoms with Gasteiger partial charge in [-0.3, -0.25) is 5.10 Å². The number of aromatic nitrogens is 3. The van der Waals surface area contributed by atoms with E-state index in [0.717, 1.165) is 0 Å². The molecule has 7 nitrogen and oxygen atoms in total. The van der Waals surface area contributed by atoms with E-state index < -0.39 is 28.7 Å². The van der Waals surface area contributed by atoms with Gasteiger partial charge in [0.15, 0.2) is 17.4 Å². The van der Waals surface area contributed by atoms with Gasteiger partial charge in [-0.25, -0.2) is 18.0 Å². The minimum Gasteiger partial charge on any atom is -0.494 e. The molecule has 1 fully saturated rings. The molecule has 4 aromatic rings. The van der Waals surface area contributed by atoms with Gasteiger partial charge in [0, 0.05) is 40.1 Å². The monoisotopic (exact) mass is 524 g/mol. The minimum atomic E-state index is -2.34. The second kappa shape index (κ2) is 9.08. The van der Waals surface area contributed by atoms with E-state index in [-0.39, 0.29) is 54.7 Å². The highest BCUT2D eigenvalue weighted by Crippen LogP contribution is 2.50. The summed E-state index contributed by atoms with van der Waals surface area (Å²) in [7, 11) is 1.35. The number of nitriles is 1. The van der Waals surface area contributed by atoms with Gasteiger partial charge in [0.25, 0.3) is 0 Å². The van der Waals surface area contributed by atoms with Crippen molar-refractivity contribution in [2.45, 2.75) is 63.0 Å². The molecular weight excluding hydrogens is 497 g/mol. The van der Waals surface area contributed by atoms with Crippen molar-refractivity contribution in [2.75, 3.05) is 7.11 Å². The van der Waals surface area contributed by atoms with Crippen LogP contribution in [0.25, 0.3) is 27.5 Å². The summed E-state index contributed by atoms with van der Waals surface area (Å²) >= 11 is 0. The van der Waals surface area contributed by atoms with Crippen molar-refractivity contribution in [3.8, 4) is 17.5 Å². The van der Waals surface area contributed by atoms with Crippen LogP contribution in [0.4, 0.5) is 13.2 Å². The minimum absolute atomic E-state index is 0.00105. The van der Waals surface area contributed by atoms with E-state index in [9.17, 15) is 19.6 Å². The topological polar surface area (TPSA) is 104 Å². The number of aromatic amines is 1. The van der Waals surface area contributed by atoms with E-state index in [4.69, 9.17) is 4.74 Å². The Morgan fingerprint density at radius 1 is 1.32 bits per heavy atom. The third kappa shape index (κ3) is 3.88. The number of halogens is 3. The van der Waals surface area contributed by atoms with Crippen LogP contribution in [0, 0.1) is 23.0 Å². The molecule has 0 spiro atoms. The molecule has 0 bridgehead atoms. The third-order valence-corrected chi connectivity index (χ3v) is 7.77. The Morgan fingerprint density at radius 2 is 2.03 bits per heavy atom. The first-order valence-electron chi connectivity index (χ1n) is 12.4. The Hall–Kier alpha value is -4.00. The van der Waals surface area contributed by atoms with Gasteiger partial charge in [-0.2, -0.15) is 10.4 Å². The molecule has 2 aromatic heterocycles. The number of carboxylic acids is 1. The molecule has 1 saturated carbocycles. The number of nitrogens with zero attached hydrogens (tertiary/aromatic N) is 3. The fourth-order valence-electron chi connectivity index (χ4n) is 5.81. The van der Waals surface area contributed by atoms with Gasteiger partial charge in [0.2, 0.25) is 5.67 Å². The van der Waals surface area contributed by atoms with Gasteiger partial charge in [-0.1, -0.05) is 13.8 Å². The maximum Gasteiger partial charge on any atom is 0.341 e. The molecule has 0 unspecified atom stereocenters. The average Bonchev–Trinajstić information content (AvgIpc) is 3.49. The molecule has 2 N–H and O–H groups in total. The van der Waals surface area contributed by atoms with E-state index in [2.05, 4.69) is 16.3 Å². The van der Waals surface area contributed by atoms with Crippen molar-refractivity contribution in [2.24, 2.45) is 0 Å². The first kappa shape index (κ1) is 25.6. The number of carbonyl (C=O) groups is 1. The van der Waals surface area contributed by atoms with Crippen LogP contribution in [-0.2, 0) is 10.2 Å². The first-order valence-corrected chi connectivity index (χ1v) is 12.4. The van der Waals surface area contributed by atoms with Crippen molar-refractivity contribution >= 4 is 27.8 Å². The number of ether oxygens (including phenoxy) is 1. The zero-order chi connectivity index (χ0) is 27.4. The highest BCUT2D eigenvalue weighted by atomic mass is 19.1. The molecular formula is C28H27F3N4O3. The zero-order valence-corrected chi connectivity index (χ0v) is 21.2. The van der Waals surface area contributed by atoms with Gasteiger partial charge < -0.3 is 14.4 Å². The third-order valence-electron chi connectivity index (χ3n) is 7.77. The van der Waals surface area contributed by atoms with Crippen molar-refractivity contribution in [3.05, 3.63) is 53.4 Å². The molecule has 0 radical (unpaired) electrons. The Labute approximate surface area is 216 Å². The maximum absolute atomic E-state index is 16.3. The smallest absolute Gasteiger partial charge is 0.341 e. The molecule has 2 heterocycles. The molecule has 0 atom stereocenters. The van der Waals surface area contributed by atoms with Crippen molar-refractivity contribution < 1.29 is 27.8 Å². The summed E-state index contributed by atoms with van der Waals surface area (Å²) in [6.45, 7) is 3.74. The summed E-state index contributed by atoms with van der Waals surface area (Å²) in [4.78, 5) is 11.6. The van der Waals surface area contributed by atoms with E-state index in [0.29, 0.717) is 27.8 Å². The Balaban J connectivity index is 1.88. The summed E-state index contributed by atoms with van der Waals surface area (Å²) in [5.74, 6) is -2.96. The van der Waals surface area contributed by atoms with Crippen LogP contribution in [0.3, 0.4) is 0 Å². The predicted molar refractivity (Wildman–Crippen MR) is 135 cm³/mol. The lowest BCUT2D eigenvalue weighted by molar-refractivity contribution is -0.153. The number of nitrogens with one attached hydrogen (secondary N) is 1. The maximum atomic E-state index is 16.3. The number of H-pyrrole nitrogens is 1. The lowest BCUT2D eigenvalue weighted by Gasteiger charge is -2.34. The second-order valence-corrected chi connectivity index (χ2v) is 10.6. The number of fused-ring (bicyclic) bond motifs is 2. The van der Waals surface area contributed by atoms with E-state index in [1.54, 1.807) is 12.1 Å². The largest absolute Gasteiger partial charge is 0.494 e. The van der Waals surface area contributed by atoms with E-state index in [1.807, 2.05) is 18.4 Å². The van der Waals surface area contributed by atoms with Gasteiger partial charge >= 0.3 is 5.97 Å². The van der Waals surface area contributed by atoms with Crippen LogP contribution < -0.4 is 4.74 Å². The number of benzene rings is 2. The van der Waals surface area contributed by atoms with Gasteiger partial charge in [-0.05, 0) is 55.4 Å². The lowest BCUT2D eigenvalue weighted by Crippen LogP contribution is -2.37. The van der Waals surface area contributed by atoms with Crippen LogP contribution in [0.15, 0.2) is 30.5 Å².